The Bertz CT molecular complexity index is 1660. The summed E-state index contributed by atoms with van der Waals surface area (Å²) >= 11 is 0. The van der Waals surface area contributed by atoms with Gasteiger partial charge in [0, 0.05) is 6.54 Å². The number of carboxylic acids is 1. The van der Waals surface area contributed by atoms with E-state index >= 15 is 0 Å². The molecule has 0 aromatic heterocycles. The van der Waals surface area contributed by atoms with Gasteiger partial charge in [-0.1, -0.05) is 20.3 Å². The lowest BCUT2D eigenvalue weighted by Gasteiger charge is -2.30. The van der Waals surface area contributed by atoms with Crippen molar-refractivity contribution in [3.63, 3.8) is 0 Å². The summed E-state index contributed by atoms with van der Waals surface area (Å²) in [5.41, 5.74) is 21.8. The zero-order valence-corrected chi connectivity index (χ0v) is 34.8. The third kappa shape index (κ3) is 18.9. The number of likely N-dealkylation sites (tertiary alicyclic amines) is 1. The van der Waals surface area contributed by atoms with E-state index in [4.69, 9.17) is 22.9 Å². The molecule has 346 valence electrons. The molecular formula is C33H58N11O16P. The summed E-state index contributed by atoms with van der Waals surface area (Å²) in [5, 5.41) is 32.6. The third-order valence-corrected chi connectivity index (χ3v) is 9.53. The molecule has 8 atom stereocenters. The van der Waals surface area contributed by atoms with E-state index in [1.807, 2.05) is 5.32 Å². The van der Waals surface area contributed by atoms with Gasteiger partial charge in [0.1, 0.15) is 42.3 Å². The first-order chi connectivity index (χ1) is 28.3. The van der Waals surface area contributed by atoms with Crippen LogP contribution in [0.1, 0.15) is 65.7 Å². The van der Waals surface area contributed by atoms with Gasteiger partial charge in [-0.2, -0.15) is 0 Å². The van der Waals surface area contributed by atoms with E-state index in [1.165, 1.54) is 0 Å². The molecule has 1 heterocycles. The fourth-order valence-electron chi connectivity index (χ4n) is 5.77. The predicted molar refractivity (Wildman–Crippen MR) is 208 cm³/mol. The molecule has 9 amide bonds. The van der Waals surface area contributed by atoms with Crippen LogP contribution in [0, 0.1) is 5.92 Å². The maximum atomic E-state index is 13.5. The topological polar surface area (TPSA) is 457 Å². The van der Waals surface area contributed by atoms with Gasteiger partial charge in [0.2, 0.25) is 53.2 Å². The summed E-state index contributed by atoms with van der Waals surface area (Å²) in [6.07, 6.45) is -0.0606. The average molecular weight is 896 g/mol. The molecule has 18 N–H and O–H groups in total. The van der Waals surface area contributed by atoms with E-state index in [1.54, 1.807) is 13.8 Å². The number of hydrogen-bond donors (Lipinski definition) is 14. The summed E-state index contributed by atoms with van der Waals surface area (Å²) in [4.78, 5) is 147. The number of carboxylic acid groups (broad SMARTS) is 1. The second-order valence-corrected chi connectivity index (χ2v) is 15.7. The number of rotatable bonds is 27. The largest absolute Gasteiger partial charge is 0.480 e. The van der Waals surface area contributed by atoms with E-state index in [2.05, 4.69) is 31.1 Å². The summed E-state index contributed by atoms with van der Waals surface area (Å²) in [7, 11) is -5.35. The number of phosphoric acid groups is 1. The molecule has 1 aliphatic rings. The Hall–Kier alpha value is -5.31. The Balaban J connectivity index is 3.21. The second kappa shape index (κ2) is 25.5. The van der Waals surface area contributed by atoms with Gasteiger partial charge in [0.05, 0.1) is 32.1 Å². The van der Waals surface area contributed by atoms with E-state index in [0.29, 0.717) is 19.4 Å². The van der Waals surface area contributed by atoms with Crippen molar-refractivity contribution in [3.8, 4) is 0 Å². The molecule has 0 bridgehead atoms. The van der Waals surface area contributed by atoms with Crippen LogP contribution in [0.25, 0.3) is 0 Å². The highest BCUT2D eigenvalue weighted by molar-refractivity contribution is 7.46. The van der Waals surface area contributed by atoms with Gasteiger partial charge < -0.3 is 79.7 Å². The van der Waals surface area contributed by atoms with Crippen molar-refractivity contribution in [1.29, 1.82) is 0 Å². The number of unbranched alkanes of at least 4 members (excludes halogenated alkanes) is 1. The van der Waals surface area contributed by atoms with Crippen molar-refractivity contribution in [1.82, 2.24) is 36.8 Å². The normalized spacial score (nSPS) is 17.3. The highest BCUT2D eigenvalue weighted by Crippen LogP contribution is 2.35. The van der Waals surface area contributed by atoms with Crippen LogP contribution >= 0.6 is 7.82 Å². The van der Waals surface area contributed by atoms with Crippen LogP contribution < -0.4 is 54.8 Å². The molecule has 0 saturated carbocycles. The van der Waals surface area contributed by atoms with Crippen LogP contribution in [0.5, 0.6) is 0 Å². The smallest absolute Gasteiger partial charge is 0.469 e. The zero-order valence-electron chi connectivity index (χ0n) is 33.9. The fourth-order valence-corrected chi connectivity index (χ4v) is 6.11. The minimum atomic E-state index is -5.35. The SMILES string of the molecule is CC(C)[C@H](NC(=O)[C@@H]1CCCN1C(=O)[C@H](CO)NC(=O)[C@H](COP(=O)(O)O)NC(=O)[C@H](CC(N)=O)NC(=O)[C@H](C)NC(=O)[C@H](CC(N)=O)NC(=O)[C@@H](N)CCCCN)C(=O)O. The maximum absolute atomic E-state index is 13.5. The van der Waals surface area contributed by atoms with Crippen LogP contribution in [0.3, 0.4) is 0 Å². The van der Waals surface area contributed by atoms with E-state index in [0.717, 1.165) is 11.8 Å². The molecule has 61 heavy (non-hydrogen) atoms. The number of nitrogens with zero attached hydrogens (tertiary/aromatic N) is 1. The van der Waals surface area contributed by atoms with Gasteiger partial charge in [-0.25, -0.2) is 9.36 Å². The lowest BCUT2D eigenvalue weighted by Crippen LogP contribution is -2.61. The first-order valence-corrected chi connectivity index (χ1v) is 20.5. The first kappa shape index (κ1) is 53.7. The van der Waals surface area contributed by atoms with E-state index in [9.17, 15) is 72.5 Å². The highest BCUT2D eigenvalue weighted by atomic mass is 31.2. The van der Waals surface area contributed by atoms with Crippen molar-refractivity contribution >= 4 is 67.0 Å². The third-order valence-electron chi connectivity index (χ3n) is 9.04. The molecule has 1 aliphatic heterocycles. The molecule has 0 spiro atoms. The number of phosphoric ester groups is 1. The van der Waals surface area contributed by atoms with Crippen LogP contribution in [-0.2, 0) is 57.0 Å². The Morgan fingerprint density at radius 2 is 1.26 bits per heavy atom. The molecule has 1 rings (SSSR count). The predicted octanol–water partition coefficient (Wildman–Crippen LogP) is -7.04. The summed E-state index contributed by atoms with van der Waals surface area (Å²) < 4.78 is 15.9. The van der Waals surface area contributed by atoms with Gasteiger partial charge in [0.15, 0.2) is 0 Å². The number of nitrogens with one attached hydrogen (secondary N) is 6. The van der Waals surface area contributed by atoms with Crippen LogP contribution in [0.2, 0.25) is 0 Å². The van der Waals surface area contributed by atoms with Gasteiger partial charge in [-0.15, -0.1) is 0 Å². The molecule has 1 fully saturated rings. The number of aliphatic hydroxyl groups is 1. The highest BCUT2D eigenvalue weighted by Gasteiger charge is 2.40. The standard InChI is InChI=1S/C33H58N11O16P/c1-15(2)25(33(55)56)43-31(53)22-8-6-10-44(22)32(54)20(13-45)41-30(52)21(14-60-61(57,58)59)42-29(51)19(12-24(37)47)39-26(48)16(3)38-28(50)18(11-23(36)46)40-27(49)17(35)7-4-5-9-34/h15-22,25,45H,4-14,34-35H2,1-3H3,(H2,36,46)(H2,37,47)(H,38,50)(H,39,48)(H,40,49)(H,41,52)(H,42,51)(H,43,53)(H,55,56)(H2,57,58,59)/t16-,17-,18-,19-,20-,21-,22-,25-/m0/s1. The fraction of sp³-hybridized carbons (Fsp3) is 0.697. The van der Waals surface area contributed by atoms with E-state index in [-0.39, 0.29) is 25.8 Å². The molecule has 1 saturated heterocycles. The monoisotopic (exact) mass is 895 g/mol. The number of nitrogens with two attached hydrogens (primary N) is 4. The summed E-state index contributed by atoms with van der Waals surface area (Å²) in [6.45, 7) is 2.10. The zero-order chi connectivity index (χ0) is 46.8. The molecule has 27 nitrogen and oxygen atoms in total. The van der Waals surface area contributed by atoms with Crippen molar-refractivity contribution in [3.05, 3.63) is 0 Å². The number of carbonyl (C=O) groups is 10. The molecule has 0 aliphatic carbocycles. The quantitative estimate of drug-likeness (QED) is 0.0269. The molecule has 0 unspecified atom stereocenters. The maximum Gasteiger partial charge on any atom is 0.469 e. The summed E-state index contributed by atoms with van der Waals surface area (Å²) in [5.74, 6) is -11.7. The van der Waals surface area contributed by atoms with E-state index < -0.39 is 147 Å². The van der Waals surface area contributed by atoms with Gasteiger partial charge >= 0.3 is 13.8 Å². The first-order valence-electron chi connectivity index (χ1n) is 19.0. The minimum Gasteiger partial charge on any atom is -0.480 e. The van der Waals surface area contributed by atoms with Gasteiger partial charge in [0.25, 0.3) is 0 Å². The molecule has 28 heteroatoms. The Kier molecular flexibility index (Phi) is 22.4. The summed E-state index contributed by atoms with van der Waals surface area (Å²) in [6, 6.07) is -12.7. The van der Waals surface area contributed by atoms with Gasteiger partial charge in [-0.05, 0) is 45.1 Å². The Morgan fingerprint density at radius 3 is 1.75 bits per heavy atom. The van der Waals surface area contributed by atoms with Crippen molar-refractivity contribution in [2.75, 3.05) is 26.3 Å². The Labute approximate surface area is 349 Å². The Morgan fingerprint density at radius 1 is 0.754 bits per heavy atom. The lowest BCUT2D eigenvalue weighted by atomic mass is 10.0. The van der Waals surface area contributed by atoms with Crippen LogP contribution in [-0.4, -0.2) is 159 Å². The average Bonchev–Trinajstić information content (AvgIpc) is 3.65. The number of hydrogen-bond acceptors (Lipinski definition) is 15. The minimum absolute atomic E-state index is 0.0538. The molecule has 0 aromatic carbocycles. The van der Waals surface area contributed by atoms with Crippen molar-refractivity contribution in [2.24, 2.45) is 28.9 Å². The van der Waals surface area contributed by atoms with Crippen molar-refractivity contribution < 1.29 is 77.0 Å². The number of aliphatic carboxylic acids is 1. The number of amides is 9. The second-order valence-electron chi connectivity index (χ2n) is 14.4. The molecule has 0 aromatic rings. The van der Waals surface area contributed by atoms with Crippen LogP contribution in [0.4, 0.5) is 0 Å². The number of aliphatic hydroxyl groups excluding tert-OH is 1. The number of primary amides is 2. The van der Waals surface area contributed by atoms with Crippen molar-refractivity contribution in [2.45, 2.75) is 114 Å². The number of carbonyl (C=O) groups excluding carboxylic acids is 9. The molecule has 0 radical (unpaired) electrons. The van der Waals surface area contributed by atoms with Gasteiger partial charge in [-0.3, -0.25) is 47.7 Å². The lowest BCUT2D eigenvalue weighted by molar-refractivity contribution is -0.146. The molecular weight excluding hydrogens is 837 g/mol. The van der Waals surface area contributed by atoms with Crippen LogP contribution in [0.15, 0.2) is 0 Å².